The maximum absolute atomic E-state index is 12.3. The van der Waals surface area contributed by atoms with E-state index in [2.05, 4.69) is 6.07 Å². The third-order valence-electron chi connectivity index (χ3n) is 4.57. The molecule has 7 heteroatoms. The summed E-state index contributed by atoms with van der Waals surface area (Å²) in [5.41, 5.74) is 0.889. The van der Waals surface area contributed by atoms with Crippen LogP contribution in [-0.2, 0) is 11.2 Å². The van der Waals surface area contributed by atoms with Crippen LogP contribution in [0.15, 0.2) is 24.3 Å². The van der Waals surface area contributed by atoms with E-state index < -0.39 is 6.10 Å². The molecule has 2 aliphatic rings. The second-order valence-corrected chi connectivity index (χ2v) is 6.38. The number of aliphatic hydroxyl groups excluding tert-OH is 1. The number of carbonyl (C=O) groups excluding carboxylic acids is 2. The third kappa shape index (κ3) is 3.74. The van der Waals surface area contributed by atoms with Crippen LogP contribution in [-0.4, -0.2) is 58.7 Å². The summed E-state index contributed by atoms with van der Waals surface area (Å²) in [6.45, 7) is 0.532. The lowest BCUT2D eigenvalue weighted by Gasteiger charge is -2.26. The summed E-state index contributed by atoms with van der Waals surface area (Å²) < 4.78 is 5.50. The molecule has 3 rings (SSSR count). The van der Waals surface area contributed by atoms with Gasteiger partial charge in [-0.15, -0.1) is 0 Å². The molecule has 7 nitrogen and oxygen atoms in total. The normalized spacial score (nSPS) is 21.0. The monoisotopic (exact) mass is 343 g/mol. The Hall–Kier alpha value is -2.59. The van der Waals surface area contributed by atoms with Crippen molar-refractivity contribution in [3.63, 3.8) is 0 Å². The molecular formula is C18H21N3O4. The summed E-state index contributed by atoms with van der Waals surface area (Å²) in [5, 5.41) is 18.8. The Kier molecular flexibility index (Phi) is 5.19. The van der Waals surface area contributed by atoms with Crippen molar-refractivity contribution in [2.24, 2.45) is 0 Å². The topological polar surface area (TPSA) is 93.9 Å². The molecule has 25 heavy (non-hydrogen) atoms. The number of hydrogen-bond donors (Lipinski definition) is 1. The fraction of sp³-hybridized carbons (Fsp3) is 0.500. The highest BCUT2D eigenvalue weighted by molar-refractivity contribution is 6.04. The van der Waals surface area contributed by atoms with Crippen LogP contribution in [0.3, 0.4) is 0 Å². The number of urea groups is 1. The van der Waals surface area contributed by atoms with Gasteiger partial charge in [-0.25, -0.2) is 4.79 Å². The van der Waals surface area contributed by atoms with Gasteiger partial charge in [0.1, 0.15) is 24.5 Å². The zero-order chi connectivity index (χ0) is 17.8. The smallest absolute Gasteiger partial charge is 0.327 e. The number of rotatable bonds is 6. The molecular weight excluding hydrogens is 322 g/mol. The number of aliphatic hydroxyl groups is 1. The van der Waals surface area contributed by atoms with Crippen LogP contribution < -0.4 is 4.74 Å². The van der Waals surface area contributed by atoms with Crippen molar-refractivity contribution in [3.8, 4) is 11.8 Å². The van der Waals surface area contributed by atoms with Crippen LogP contribution in [0.2, 0.25) is 0 Å². The van der Waals surface area contributed by atoms with E-state index in [1.165, 1.54) is 0 Å². The first-order valence-corrected chi connectivity index (χ1v) is 8.49. The molecule has 0 aliphatic carbocycles. The Morgan fingerprint density at radius 1 is 1.28 bits per heavy atom. The Bertz CT molecular complexity index is 659. The van der Waals surface area contributed by atoms with Crippen molar-refractivity contribution in [2.45, 2.75) is 37.8 Å². The first-order chi connectivity index (χ1) is 12.1. The number of nitrogens with zero attached hydrogens (tertiary/aromatic N) is 3. The molecule has 0 bridgehead atoms. The lowest BCUT2D eigenvalue weighted by Crippen LogP contribution is -2.40. The number of imide groups is 1. The van der Waals surface area contributed by atoms with E-state index >= 15 is 0 Å². The van der Waals surface area contributed by atoms with E-state index in [4.69, 9.17) is 10.00 Å². The van der Waals surface area contributed by atoms with Crippen molar-refractivity contribution in [2.75, 3.05) is 19.7 Å². The summed E-state index contributed by atoms with van der Waals surface area (Å²) >= 11 is 0. The van der Waals surface area contributed by atoms with Crippen LogP contribution in [0, 0.1) is 11.3 Å². The second kappa shape index (κ2) is 7.53. The van der Waals surface area contributed by atoms with Gasteiger partial charge in [0.2, 0.25) is 0 Å². The summed E-state index contributed by atoms with van der Waals surface area (Å²) in [6, 6.07) is 8.43. The maximum Gasteiger partial charge on any atom is 0.327 e. The summed E-state index contributed by atoms with van der Waals surface area (Å²) in [6.07, 6.45) is 1.94. The fourth-order valence-electron chi connectivity index (χ4n) is 3.27. The molecule has 0 unspecified atom stereocenters. The highest BCUT2D eigenvalue weighted by atomic mass is 16.5. The Morgan fingerprint density at radius 2 is 2.04 bits per heavy atom. The number of carbonyl (C=O) groups is 2. The molecule has 0 saturated carbocycles. The van der Waals surface area contributed by atoms with Gasteiger partial charge in [0.15, 0.2) is 0 Å². The molecule has 1 N–H and O–H groups in total. The van der Waals surface area contributed by atoms with E-state index in [1.807, 2.05) is 0 Å². The molecule has 1 aromatic rings. The summed E-state index contributed by atoms with van der Waals surface area (Å²) in [4.78, 5) is 27.4. The number of β-amino-alcohol motifs (C(OH)–C–C–N with tert-alkyl or cyclic N) is 1. The number of piperidine rings is 1. The fourth-order valence-corrected chi connectivity index (χ4v) is 3.27. The highest BCUT2D eigenvalue weighted by Gasteiger charge is 2.46. The van der Waals surface area contributed by atoms with Crippen molar-refractivity contribution < 1.29 is 19.4 Å². The number of fused-ring (bicyclic) bond motifs is 1. The van der Waals surface area contributed by atoms with Gasteiger partial charge >= 0.3 is 6.03 Å². The number of hydrogen-bond acceptors (Lipinski definition) is 5. The average molecular weight is 343 g/mol. The van der Waals surface area contributed by atoms with Gasteiger partial charge in [0.05, 0.1) is 19.0 Å². The minimum atomic E-state index is -0.951. The van der Waals surface area contributed by atoms with Crippen LogP contribution in [0.4, 0.5) is 4.79 Å². The van der Waals surface area contributed by atoms with Gasteiger partial charge in [0, 0.05) is 6.54 Å². The molecule has 2 heterocycles. The van der Waals surface area contributed by atoms with Crippen LogP contribution in [0.25, 0.3) is 0 Å². The van der Waals surface area contributed by atoms with Gasteiger partial charge in [-0.1, -0.05) is 12.1 Å². The van der Waals surface area contributed by atoms with Gasteiger partial charge in [0.25, 0.3) is 5.91 Å². The second-order valence-electron chi connectivity index (χ2n) is 6.38. The summed E-state index contributed by atoms with van der Waals surface area (Å²) in [5.74, 6) is 0.349. The van der Waals surface area contributed by atoms with E-state index in [0.29, 0.717) is 25.1 Å². The zero-order valence-electron chi connectivity index (χ0n) is 13.9. The molecule has 0 spiro atoms. The maximum atomic E-state index is 12.3. The third-order valence-corrected chi connectivity index (χ3v) is 4.57. The van der Waals surface area contributed by atoms with E-state index in [9.17, 15) is 14.7 Å². The predicted molar refractivity (Wildman–Crippen MR) is 88.7 cm³/mol. The molecule has 0 radical (unpaired) electrons. The van der Waals surface area contributed by atoms with Gasteiger partial charge in [-0.2, -0.15) is 5.26 Å². The minimum absolute atomic E-state index is 0.0146. The van der Waals surface area contributed by atoms with Gasteiger partial charge < -0.3 is 14.7 Å². The number of ether oxygens (including phenoxy) is 1. The SMILES string of the molecule is N#CCc1ccc(OC[C@@H](O)CN2C(=O)[C@@H]3CCCCN3C2=O)cc1. The van der Waals surface area contributed by atoms with Crippen molar-refractivity contribution in [3.05, 3.63) is 29.8 Å². The highest BCUT2D eigenvalue weighted by Crippen LogP contribution is 2.26. The molecule has 3 amide bonds. The Balaban J connectivity index is 1.52. The first-order valence-electron chi connectivity index (χ1n) is 8.49. The number of benzene rings is 1. The summed E-state index contributed by atoms with van der Waals surface area (Å²) in [7, 11) is 0. The molecule has 2 atom stereocenters. The standard InChI is InChI=1S/C18H21N3O4/c19-9-8-13-4-6-15(7-5-13)25-12-14(22)11-21-17(23)16-3-1-2-10-20(16)18(21)24/h4-7,14,16,22H,1-3,8,10-12H2/t14-,16-/m0/s1. The van der Waals surface area contributed by atoms with Crippen molar-refractivity contribution in [1.82, 2.24) is 9.80 Å². The molecule has 1 aromatic carbocycles. The quantitative estimate of drug-likeness (QED) is 0.786. The van der Waals surface area contributed by atoms with Crippen molar-refractivity contribution in [1.29, 1.82) is 5.26 Å². The molecule has 2 fully saturated rings. The van der Waals surface area contributed by atoms with Gasteiger partial charge in [-0.3, -0.25) is 9.69 Å². The lowest BCUT2D eigenvalue weighted by molar-refractivity contribution is -0.129. The molecule has 132 valence electrons. The Morgan fingerprint density at radius 3 is 2.72 bits per heavy atom. The zero-order valence-corrected chi connectivity index (χ0v) is 13.9. The average Bonchev–Trinajstić information content (AvgIpc) is 2.87. The van der Waals surface area contributed by atoms with Crippen LogP contribution in [0.5, 0.6) is 5.75 Å². The molecule has 2 saturated heterocycles. The lowest BCUT2D eigenvalue weighted by atomic mass is 10.0. The van der Waals surface area contributed by atoms with E-state index in [0.717, 1.165) is 23.3 Å². The van der Waals surface area contributed by atoms with Gasteiger partial charge in [-0.05, 0) is 37.0 Å². The van der Waals surface area contributed by atoms with Crippen LogP contribution >= 0.6 is 0 Å². The molecule has 0 aromatic heterocycles. The van der Waals surface area contributed by atoms with E-state index in [-0.39, 0.29) is 31.1 Å². The minimum Gasteiger partial charge on any atom is -0.491 e. The Labute approximate surface area is 146 Å². The van der Waals surface area contributed by atoms with E-state index in [1.54, 1.807) is 29.2 Å². The predicted octanol–water partition coefficient (Wildman–Crippen LogP) is 1.31. The molecule has 2 aliphatic heterocycles. The van der Waals surface area contributed by atoms with Crippen molar-refractivity contribution >= 4 is 11.9 Å². The largest absolute Gasteiger partial charge is 0.491 e. The first kappa shape index (κ1) is 17.2. The number of nitriles is 1. The van der Waals surface area contributed by atoms with Crippen LogP contribution in [0.1, 0.15) is 24.8 Å². The number of amides is 3.